The average Bonchev–Trinajstić information content (AvgIpc) is 3.01. The second-order valence-electron chi connectivity index (χ2n) is 4.29. The Labute approximate surface area is 121 Å². The molecule has 19 heavy (non-hydrogen) atoms. The van der Waals surface area contributed by atoms with Crippen LogP contribution >= 0.6 is 23.7 Å². The number of halogens is 1. The number of nitrogens with two attached hydrogens (primary N) is 1. The van der Waals surface area contributed by atoms with Crippen LogP contribution < -0.4 is 16.4 Å². The van der Waals surface area contributed by atoms with Crippen LogP contribution in [0.5, 0.6) is 0 Å². The summed E-state index contributed by atoms with van der Waals surface area (Å²) in [5, 5.41) is 7.22. The van der Waals surface area contributed by atoms with Gasteiger partial charge in [-0.05, 0) is 19.4 Å². The summed E-state index contributed by atoms with van der Waals surface area (Å²) in [4.78, 5) is 27.5. The molecular formula is C11H17ClN4O2S. The lowest BCUT2D eigenvalue weighted by molar-refractivity contribution is -0.132. The molecule has 8 heteroatoms. The maximum Gasteiger partial charge on any atom is 0.243 e. The fourth-order valence-corrected chi connectivity index (χ4v) is 2.44. The van der Waals surface area contributed by atoms with Crippen LogP contribution in [-0.2, 0) is 16.0 Å². The zero-order valence-electron chi connectivity index (χ0n) is 10.3. The molecule has 4 N–H and O–H groups in total. The van der Waals surface area contributed by atoms with Gasteiger partial charge in [0.2, 0.25) is 11.8 Å². The molecule has 0 radical (unpaired) electrons. The minimum Gasteiger partial charge on any atom is -0.320 e. The van der Waals surface area contributed by atoms with E-state index in [0.717, 1.165) is 25.1 Å². The standard InChI is InChI=1S/C11H16N4O2S.ClH/c12-8(4-7-5-18-6-14-7)10(16)15-11(17)9-2-1-3-13-9;/h5-6,8-9,13H,1-4,12H2,(H,15,16,17);1H/t8-,9-;/m0./s1. The second-order valence-corrected chi connectivity index (χ2v) is 5.01. The first-order valence-electron chi connectivity index (χ1n) is 5.87. The number of hydrogen-bond donors (Lipinski definition) is 3. The van der Waals surface area contributed by atoms with Gasteiger partial charge in [0.1, 0.15) is 0 Å². The van der Waals surface area contributed by atoms with Crippen molar-refractivity contribution in [1.82, 2.24) is 15.6 Å². The van der Waals surface area contributed by atoms with E-state index in [4.69, 9.17) is 5.73 Å². The van der Waals surface area contributed by atoms with Crippen molar-refractivity contribution >= 4 is 35.6 Å². The van der Waals surface area contributed by atoms with Crippen LogP contribution in [0, 0.1) is 0 Å². The second kappa shape index (κ2) is 7.54. The lowest BCUT2D eigenvalue weighted by atomic mass is 10.1. The van der Waals surface area contributed by atoms with Crippen molar-refractivity contribution in [2.45, 2.75) is 31.3 Å². The number of hydrogen-bond acceptors (Lipinski definition) is 6. The lowest BCUT2D eigenvalue weighted by Gasteiger charge is -2.13. The number of nitrogens with zero attached hydrogens (tertiary/aromatic N) is 1. The molecule has 0 aliphatic carbocycles. The van der Waals surface area contributed by atoms with Gasteiger partial charge < -0.3 is 11.1 Å². The number of thiazole rings is 1. The molecule has 0 bridgehead atoms. The zero-order chi connectivity index (χ0) is 13.0. The maximum absolute atomic E-state index is 11.7. The Balaban J connectivity index is 0.00000180. The SMILES string of the molecule is Cl.N[C@@H](Cc1cscn1)C(=O)NC(=O)[C@@H]1CCCN1. The molecule has 0 unspecified atom stereocenters. The van der Waals surface area contributed by atoms with Crippen molar-refractivity contribution in [2.24, 2.45) is 5.73 Å². The number of carbonyl (C=O) groups is 2. The van der Waals surface area contributed by atoms with E-state index in [1.165, 1.54) is 11.3 Å². The van der Waals surface area contributed by atoms with Gasteiger partial charge in [-0.25, -0.2) is 4.98 Å². The molecule has 2 atom stereocenters. The van der Waals surface area contributed by atoms with E-state index in [1.807, 2.05) is 5.38 Å². The van der Waals surface area contributed by atoms with Crippen molar-refractivity contribution in [2.75, 3.05) is 6.54 Å². The lowest BCUT2D eigenvalue weighted by Crippen LogP contribution is -2.49. The molecule has 0 aromatic carbocycles. The predicted molar refractivity (Wildman–Crippen MR) is 75.2 cm³/mol. The molecule has 106 valence electrons. The molecule has 1 aliphatic rings. The highest BCUT2D eigenvalue weighted by molar-refractivity contribution is 7.07. The summed E-state index contributed by atoms with van der Waals surface area (Å²) in [5.74, 6) is -0.729. The molecule has 1 aliphatic heterocycles. The average molecular weight is 305 g/mol. The quantitative estimate of drug-likeness (QED) is 0.717. The smallest absolute Gasteiger partial charge is 0.243 e. The predicted octanol–water partition coefficient (Wildman–Crippen LogP) is -0.171. The van der Waals surface area contributed by atoms with Gasteiger partial charge in [0.15, 0.2) is 0 Å². The first-order valence-corrected chi connectivity index (χ1v) is 6.82. The van der Waals surface area contributed by atoms with Gasteiger partial charge in [0, 0.05) is 11.8 Å². The highest BCUT2D eigenvalue weighted by Gasteiger charge is 2.25. The minimum atomic E-state index is -0.738. The van der Waals surface area contributed by atoms with E-state index in [2.05, 4.69) is 15.6 Å². The minimum absolute atomic E-state index is 0. The number of aromatic nitrogens is 1. The van der Waals surface area contributed by atoms with Crippen molar-refractivity contribution in [1.29, 1.82) is 0 Å². The highest BCUT2D eigenvalue weighted by Crippen LogP contribution is 2.06. The molecule has 2 rings (SSSR count). The van der Waals surface area contributed by atoms with Gasteiger partial charge in [-0.1, -0.05) is 0 Å². The van der Waals surface area contributed by atoms with Gasteiger partial charge in [-0.3, -0.25) is 14.9 Å². The molecule has 2 heterocycles. The number of amides is 2. The van der Waals surface area contributed by atoms with Crippen molar-refractivity contribution < 1.29 is 9.59 Å². The Morgan fingerprint density at radius 1 is 1.63 bits per heavy atom. The number of imide groups is 1. The van der Waals surface area contributed by atoms with Gasteiger partial charge in [0.25, 0.3) is 0 Å². The van der Waals surface area contributed by atoms with Gasteiger partial charge in [0.05, 0.1) is 23.3 Å². The summed E-state index contributed by atoms with van der Waals surface area (Å²) in [5.41, 5.74) is 8.20. The Kier molecular flexibility index (Phi) is 6.36. The van der Waals surface area contributed by atoms with Crippen molar-refractivity contribution in [3.05, 3.63) is 16.6 Å². The number of nitrogens with one attached hydrogen (secondary N) is 2. The molecule has 2 amide bonds. The van der Waals surface area contributed by atoms with Crippen molar-refractivity contribution in [3.63, 3.8) is 0 Å². The summed E-state index contributed by atoms with van der Waals surface area (Å²) in [6.07, 6.45) is 2.07. The first-order chi connectivity index (χ1) is 8.66. The summed E-state index contributed by atoms with van der Waals surface area (Å²) in [6, 6.07) is -1.00. The Morgan fingerprint density at radius 3 is 3.00 bits per heavy atom. The topological polar surface area (TPSA) is 97.1 Å². The summed E-state index contributed by atoms with van der Waals surface area (Å²) in [7, 11) is 0. The molecule has 1 saturated heterocycles. The normalized spacial score (nSPS) is 19.5. The largest absolute Gasteiger partial charge is 0.320 e. The van der Waals surface area contributed by atoms with Crippen LogP contribution in [0.2, 0.25) is 0 Å². The summed E-state index contributed by atoms with van der Waals surface area (Å²) >= 11 is 1.45. The molecular weight excluding hydrogens is 288 g/mol. The molecule has 1 fully saturated rings. The molecule has 1 aromatic heterocycles. The van der Waals surface area contributed by atoms with Crippen molar-refractivity contribution in [3.8, 4) is 0 Å². The van der Waals surface area contributed by atoms with Crippen LogP contribution in [0.15, 0.2) is 10.9 Å². The summed E-state index contributed by atoms with van der Waals surface area (Å²) in [6.45, 7) is 0.817. The van der Waals surface area contributed by atoms with E-state index in [9.17, 15) is 9.59 Å². The van der Waals surface area contributed by atoms with Crippen LogP contribution in [0.25, 0.3) is 0 Å². The fourth-order valence-electron chi connectivity index (χ4n) is 1.87. The van der Waals surface area contributed by atoms with E-state index in [-0.39, 0.29) is 24.4 Å². The number of carbonyl (C=O) groups excluding carboxylic acids is 2. The van der Waals surface area contributed by atoms with E-state index in [0.29, 0.717) is 6.42 Å². The third kappa shape index (κ3) is 4.54. The maximum atomic E-state index is 11.7. The van der Waals surface area contributed by atoms with Crippen LogP contribution in [0.1, 0.15) is 18.5 Å². The Bertz CT molecular complexity index is 420. The van der Waals surface area contributed by atoms with E-state index in [1.54, 1.807) is 5.51 Å². The number of rotatable bonds is 4. The van der Waals surface area contributed by atoms with Crippen LogP contribution in [-0.4, -0.2) is 35.4 Å². The Morgan fingerprint density at radius 2 is 2.42 bits per heavy atom. The Hall–Kier alpha value is -1.02. The monoisotopic (exact) mass is 304 g/mol. The third-order valence-electron chi connectivity index (χ3n) is 2.87. The van der Waals surface area contributed by atoms with Gasteiger partial charge in [-0.2, -0.15) is 0 Å². The van der Waals surface area contributed by atoms with E-state index < -0.39 is 11.9 Å². The van der Waals surface area contributed by atoms with Gasteiger partial charge >= 0.3 is 0 Å². The van der Waals surface area contributed by atoms with Gasteiger partial charge in [-0.15, -0.1) is 23.7 Å². The molecule has 0 spiro atoms. The molecule has 0 saturated carbocycles. The van der Waals surface area contributed by atoms with E-state index >= 15 is 0 Å². The summed E-state index contributed by atoms with van der Waals surface area (Å²) < 4.78 is 0. The highest BCUT2D eigenvalue weighted by atomic mass is 35.5. The molecule has 1 aromatic rings. The third-order valence-corrected chi connectivity index (χ3v) is 3.51. The van der Waals surface area contributed by atoms with Crippen LogP contribution in [0.3, 0.4) is 0 Å². The zero-order valence-corrected chi connectivity index (χ0v) is 11.9. The fraction of sp³-hybridized carbons (Fsp3) is 0.545. The molecule has 6 nitrogen and oxygen atoms in total. The first kappa shape index (κ1) is 16.0. The van der Waals surface area contributed by atoms with Crippen LogP contribution in [0.4, 0.5) is 0 Å².